The van der Waals surface area contributed by atoms with Crippen LogP contribution in [-0.4, -0.2) is 38.9 Å². The van der Waals surface area contributed by atoms with Crippen molar-refractivity contribution in [3.63, 3.8) is 0 Å². The molecule has 0 radical (unpaired) electrons. The fourth-order valence-corrected chi connectivity index (χ4v) is 3.00. The van der Waals surface area contributed by atoms with E-state index < -0.39 is 10.0 Å². The Hall–Kier alpha value is -2.81. The Morgan fingerprint density at radius 1 is 1.09 bits per heavy atom. The highest BCUT2D eigenvalue weighted by Gasteiger charge is 2.12. The predicted molar refractivity (Wildman–Crippen MR) is 84.5 cm³/mol. The first-order valence-electron chi connectivity index (χ1n) is 6.84. The van der Waals surface area contributed by atoms with Crippen LogP contribution >= 0.6 is 0 Å². The van der Waals surface area contributed by atoms with Gasteiger partial charge in [0.1, 0.15) is 24.8 Å². The standard InChI is InChI=1S/C14H14N6O2S/c21-23(22,7-6-12-4-2-1-3-5-12)19-13-8-14(17-10-16-13)20-11-15-9-18-20/h1-5,8-11H,6-7H2,(H,16,17,19). The topological polar surface area (TPSA) is 103 Å². The zero-order valence-corrected chi connectivity index (χ0v) is 12.9. The predicted octanol–water partition coefficient (Wildman–Crippen LogP) is 1.04. The van der Waals surface area contributed by atoms with E-state index in [-0.39, 0.29) is 11.6 Å². The molecule has 1 N–H and O–H groups in total. The summed E-state index contributed by atoms with van der Waals surface area (Å²) in [6.07, 6.45) is 4.53. The Morgan fingerprint density at radius 2 is 1.91 bits per heavy atom. The van der Waals surface area contributed by atoms with Crippen LogP contribution in [0.15, 0.2) is 55.4 Å². The Balaban J connectivity index is 1.69. The van der Waals surface area contributed by atoms with E-state index in [4.69, 9.17) is 0 Å². The van der Waals surface area contributed by atoms with Crippen molar-refractivity contribution in [1.29, 1.82) is 0 Å². The van der Waals surface area contributed by atoms with Crippen molar-refractivity contribution >= 4 is 15.8 Å². The van der Waals surface area contributed by atoms with Gasteiger partial charge in [-0.2, -0.15) is 5.10 Å². The van der Waals surface area contributed by atoms with E-state index in [0.29, 0.717) is 12.2 Å². The van der Waals surface area contributed by atoms with E-state index >= 15 is 0 Å². The fourth-order valence-electron chi connectivity index (χ4n) is 1.96. The van der Waals surface area contributed by atoms with Crippen molar-refractivity contribution in [2.24, 2.45) is 0 Å². The molecular formula is C14H14N6O2S. The van der Waals surface area contributed by atoms with Gasteiger partial charge in [-0.05, 0) is 12.0 Å². The molecule has 0 saturated heterocycles. The second-order valence-corrected chi connectivity index (χ2v) is 6.60. The number of nitrogens with one attached hydrogen (secondary N) is 1. The molecule has 0 amide bonds. The molecule has 9 heteroatoms. The van der Waals surface area contributed by atoms with Gasteiger partial charge in [-0.3, -0.25) is 4.72 Å². The van der Waals surface area contributed by atoms with Crippen molar-refractivity contribution in [3.05, 3.63) is 60.9 Å². The molecule has 0 bridgehead atoms. The molecule has 0 spiro atoms. The van der Waals surface area contributed by atoms with Crippen molar-refractivity contribution in [2.75, 3.05) is 10.5 Å². The molecule has 0 aliphatic rings. The van der Waals surface area contributed by atoms with Gasteiger partial charge in [0, 0.05) is 6.07 Å². The molecule has 1 aromatic carbocycles. The van der Waals surface area contributed by atoms with E-state index in [2.05, 4.69) is 24.8 Å². The van der Waals surface area contributed by atoms with E-state index in [1.54, 1.807) is 0 Å². The first kappa shape index (κ1) is 15.1. The minimum Gasteiger partial charge on any atom is -0.267 e. The molecule has 0 atom stereocenters. The zero-order valence-electron chi connectivity index (χ0n) is 12.1. The fraction of sp³-hybridized carbons (Fsp3) is 0.143. The van der Waals surface area contributed by atoms with Gasteiger partial charge in [0.25, 0.3) is 0 Å². The first-order chi connectivity index (χ1) is 11.1. The lowest BCUT2D eigenvalue weighted by Gasteiger charge is -2.08. The van der Waals surface area contributed by atoms with Gasteiger partial charge in [0.15, 0.2) is 5.82 Å². The van der Waals surface area contributed by atoms with Crippen molar-refractivity contribution in [2.45, 2.75) is 6.42 Å². The molecule has 2 aromatic heterocycles. The van der Waals surface area contributed by atoms with Gasteiger partial charge in [-0.1, -0.05) is 30.3 Å². The number of nitrogens with zero attached hydrogens (tertiary/aromatic N) is 5. The number of aromatic nitrogens is 5. The SMILES string of the molecule is O=S(=O)(CCc1ccccc1)Nc1cc(-n2cncn2)ncn1. The maximum atomic E-state index is 12.2. The van der Waals surface area contributed by atoms with Gasteiger partial charge in [0.2, 0.25) is 10.0 Å². The summed E-state index contributed by atoms with van der Waals surface area (Å²) in [7, 11) is -3.50. The summed E-state index contributed by atoms with van der Waals surface area (Å²) in [5.41, 5.74) is 0.962. The molecule has 3 aromatic rings. The summed E-state index contributed by atoms with van der Waals surface area (Å²) in [5.74, 6) is 0.594. The zero-order chi connectivity index (χ0) is 16.1. The summed E-state index contributed by atoms with van der Waals surface area (Å²) in [6, 6.07) is 10.9. The van der Waals surface area contributed by atoms with Crippen LogP contribution < -0.4 is 4.72 Å². The molecular weight excluding hydrogens is 316 g/mol. The van der Waals surface area contributed by atoms with Crippen LogP contribution in [0.1, 0.15) is 5.56 Å². The highest BCUT2D eigenvalue weighted by molar-refractivity contribution is 7.92. The second kappa shape index (κ2) is 6.53. The van der Waals surface area contributed by atoms with Crippen molar-refractivity contribution in [1.82, 2.24) is 24.7 Å². The average molecular weight is 330 g/mol. The molecule has 23 heavy (non-hydrogen) atoms. The quantitative estimate of drug-likeness (QED) is 0.724. The van der Waals surface area contributed by atoms with Gasteiger partial charge in [0.05, 0.1) is 5.75 Å². The summed E-state index contributed by atoms with van der Waals surface area (Å²) in [4.78, 5) is 11.8. The summed E-state index contributed by atoms with van der Waals surface area (Å²) in [6.45, 7) is 0. The smallest absolute Gasteiger partial charge is 0.234 e. The van der Waals surface area contributed by atoms with Crippen LogP contribution in [-0.2, 0) is 16.4 Å². The molecule has 8 nitrogen and oxygen atoms in total. The van der Waals surface area contributed by atoms with E-state index in [0.717, 1.165) is 5.56 Å². The van der Waals surface area contributed by atoms with Crippen LogP contribution in [0.5, 0.6) is 0 Å². The number of sulfonamides is 1. The van der Waals surface area contributed by atoms with Gasteiger partial charge in [-0.25, -0.2) is 28.1 Å². The highest BCUT2D eigenvalue weighted by Crippen LogP contribution is 2.10. The van der Waals surface area contributed by atoms with E-state index in [1.165, 1.54) is 29.7 Å². The van der Waals surface area contributed by atoms with Crippen molar-refractivity contribution in [3.8, 4) is 5.82 Å². The highest BCUT2D eigenvalue weighted by atomic mass is 32.2. The lowest BCUT2D eigenvalue weighted by molar-refractivity contribution is 0.600. The van der Waals surface area contributed by atoms with Crippen LogP contribution in [0.2, 0.25) is 0 Å². The van der Waals surface area contributed by atoms with Crippen LogP contribution in [0.25, 0.3) is 5.82 Å². The third kappa shape index (κ3) is 4.10. The second-order valence-electron chi connectivity index (χ2n) is 4.76. The maximum absolute atomic E-state index is 12.2. The first-order valence-corrected chi connectivity index (χ1v) is 8.49. The maximum Gasteiger partial charge on any atom is 0.234 e. The lowest BCUT2D eigenvalue weighted by atomic mass is 10.2. The van der Waals surface area contributed by atoms with Gasteiger partial charge in [-0.15, -0.1) is 0 Å². The number of rotatable bonds is 6. The van der Waals surface area contributed by atoms with Crippen LogP contribution in [0, 0.1) is 0 Å². The molecule has 0 saturated carbocycles. The van der Waals surface area contributed by atoms with Crippen LogP contribution in [0.3, 0.4) is 0 Å². The molecule has 2 heterocycles. The minimum atomic E-state index is -3.50. The molecule has 0 aliphatic heterocycles. The normalized spacial score (nSPS) is 11.3. The number of hydrogen-bond acceptors (Lipinski definition) is 6. The number of hydrogen-bond donors (Lipinski definition) is 1. The van der Waals surface area contributed by atoms with Crippen molar-refractivity contribution < 1.29 is 8.42 Å². The van der Waals surface area contributed by atoms with Gasteiger partial charge < -0.3 is 0 Å². The summed E-state index contributed by atoms with van der Waals surface area (Å²) in [5, 5.41) is 3.94. The largest absolute Gasteiger partial charge is 0.267 e. The van der Waals surface area contributed by atoms with E-state index in [1.807, 2.05) is 30.3 Å². The number of anilines is 1. The number of aryl methyl sites for hydroxylation is 1. The summed E-state index contributed by atoms with van der Waals surface area (Å²) >= 11 is 0. The Morgan fingerprint density at radius 3 is 2.65 bits per heavy atom. The summed E-state index contributed by atoms with van der Waals surface area (Å²) < 4.78 is 28.2. The Kier molecular flexibility index (Phi) is 4.29. The van der Waals surface area contributed by atoms with Gasteiger partial charge >= 0.3 is 0 Å². The molecule has 3 rings (SSSR count). The average Bonchev–Trinajstić information content (AvgIpc) is 3.08. The molecule has 0 unspecified atom stereocenters. The molecule has 0 aliphatic carbocycles. The minimum absolute atomic E-state index is 0.0281. The third-order valence-corrected chi connectivity index (χ3v) is 4.33. The third-order valence-electron chi connectivity index (χ3n) is 3.07. The number of benzene rings is 1. The Bertz CT molecular complexity index is 865. The van der Waals surface area contributed by atoms with Crippen LogP contribution in [0.4, 0.5) is 5.82 Å². The monoisotopic (exact) mass is 330 g/mol. The lowest BCUT2D eigenvalue weighted by Crippen LogP contribution is -2.19. The molecule has 0 fully saturated rings. The molecule has 118 valence electrons. The Labute approximate surface area is 133 Å². The van der Waals surface area contributed by atoms with E-state index in [9.17, 15) is 8.42 Å².